The van der Waals surface area contributed by atoms with Crippen LogP contribution in [0, 0.1) is 0 Å². The zero-order valence-electron chi connectivity index (χ0n) is 36.9. The first-order valence-electron chi connectivity index (χ1n) is 17.0. The van der Waals surface area contributed by atoms with E-state index in [0.717, 1.165) is 0 Å². The summed E-state index contributed by atoms with van der Waals surface area (Å²) in [6, 6.07) is 0. The van der Waals surface area contributed by atoms with Crippen molar-refractivity contribution in [1.29, 1.82) is 0 Å². The Morgan fingerprint density at radius 3 is 0.284 bits per heavy atom. The van der Waals surface area contributed by atoms with Crippen molar-refractivity contribution in [3.05, 3.63) is 0 Å². The van der Waals surface area contributed by atoms with Gasteiger partial charge < -0.3 is 0 Å². The predicted molar refractivity (Wildman–Crippen MR) is 157 cm³/mol. The van der Waals surface area contributed by atoms with Crippen molar-refractivity contribution >= 4 is 30.4 Å². The van der Waals surface area contributed by atoms with Crippen LogP contribution in [-0.4, -0.2) is 180 Å². The second kappa shape index (κ2) is 22.9. The molecule has 3 N–H and O–H groups in total. The molecular weight excluding hydrogens is 1540 g/mol. The summed E-state index contributed by atoms with van der Waals surface area (Å²) in [6.45, 7) is 0. The van der Waals surface area contributed by atoms with E-state index in [1.54, 1.807) is 0 Å². The zero-order chi connectivity index (χ0) is 73.5. The van der Waals surface area contributed by atoms with Gasteiger partial charge in [0.05, 0.1) is 0 Å². The van der Waals surface area contributed by atoms with Crippen LogP contribution < -0.4 is 0 Å². The maximum Gasteiger partial charge on any atom is 0.460 e. The molecule has 88 heavy (non-hydrogen) atoms. The van der Waals surface area contributed by atoms with Gasteiger partial charge in [-0.1, -0.05) is 0 Å². The van der Waals surface area contributed by atoms with Crippen molar-refractivity contribution in [3.63, 3.8) is 0 Å². The van der Waals surface area contributed by atoms with Crippen LogP contribution in [0.3, 0.4) is 0 Å². The van der Waals surface area contributed by atoms with Crippen LogP contribution in [0.2, 0.25) is 0 Å². The van der Waals surface area contributed by atoms with Gasteiger partial charge in [-0.25, -0.2) is 0 Å². The maximum atomic E-state index is 13.0. The first-order chi connectivity index (χ1) is 36.0. The Morgan fingerprint density at radius 2 is 0.216 bits per heavy atom. The Kier molecular flexibility index (Phi) is 23.8. The van der Waals surface area contributed by atoms with Crippen molar-refractivity contribution in [3.8, 4) is 0 Å². The number of halogens is 51. The second-order valence-corrected chi connectivity index (χ2v) is 19.2. The molecular formula is C24H3F51O9S3Sc. The van der Waals surface area contributed by atoms with E-state index < -0.39 is 171 Å². The van der Waals surface area contributed by atoms with Crippen LogP contribution >= 0.6 is 0 Å². The molecule has 0 unspecified atom stereocenters. The molecule has 0 aliphatic heterocycles. The fourth-order valence-corrected chi connectivity index (χ4v) is 5.29. The van der Waals surface area contributed by atoms with E-state index in [4.69, 9.17) is 13.7 Å². The minimum absolute atomic E-state index is 0. The molecule has 0 heterocycles. The molecule has 531 valence electrons. The van der Waals surface area contributed by atoms with E-state index in [-0.39, 0.29) is 25.8 Å². The van der Waals surface area contributed by atoms with E-state index in [9.17, 15) is 249 Å². The summed E-state index contributed by atoms with van der Waals surface area (Å²) in [5.74, 6) is -156. The van der Waals surface area contributed by atoms with Crippen LogP contribution in [-0.2, 0) is 56.2 Å². The topological polar surface area (TPSA) is 163 Å². The molecule has 1 radical (unpaired) electrons. The molecule has 0 aromatic carbocycles. The smallest absolute Gasteiger partial charge is 0.281 e. The Labute approximate surface area is 459 Å². The normalized spacial score (nSPS) is 16.7. The maximum absolute atomic E-state index is 13.0. The largest absolute Gasteiger partial charge is 0.460 e. The summed E-state index contributed by atoms with van der Waals surface area (Å²) in [6.07, 6.45) is -23.6. The third-order valence-electron chi connectivity index (χ3n) is 9.05. The standard InChI is InChI=1S/3C8HF17O3S.Sc/c3*9-1(10,3(13,14)5(17,18)7(21,22)23)2(11,12)4(15,16)6(19,20)8(24,25)29(26,27)28;/h3*(H,26,27,28);. The van der Waals surface area contributed by atoms with Crippen molar-refractivity contribution in [2.45, 2.75) is 141 Å². The van der Waals surface area contributed by atoms with Gasteiger partial charge in [0.25, 0.3) is 0 Å². The fourth-order valence-electron chi connectivity index (χ4n) is 3.93. The number of rotatable bonds is 21. The van der Waals surface area contributed by atoms with Crippen LogP contribution in [0.15, 0.2) is 0 Å². The summed E-state index contributed by atoms with van der Waals surface area (Å²) in [5.41, 5.74) is 0. The van der Waals surface area contributed by atoms with Gasteiger partial charge in [-0.3, -0.25) is 13.7 Å². The van der Waals surface area contributed by atoms with Crippen LogP contribution in [0.5, 0.6) is 0 Å². The van der Waals surface area contributed by atoms with Crippen molar-refractivity contribution < 1.29 is 289 Å². The Balaban J connectivity index is -0.000000598. The van der Waals surface area contributed by atoms with Gasteiger partial charge in [-0.2, -0.15) is 249 Å². The van der Waals surface area contributed by atoms with Crippen LogP contribution in [0.1, 0.15) is 0 Å². The quantitative estimate of drug-likeness (QED) is 0.0750. The molecule has 0 rings (SSSR count). The average molecular weight is 1550 g/mol. The molecule has 0 aliphatic carbocycles. The minimum Gasteiger partial charge on any atom is -0.281 e. The van der Waals surface area contributed by atoms with Gasteiger partial charge in [-0.05, 0) is 0 Å². The summed E-state index contributed by atoms with van der Waals surface area (Å²) in [5, 5.41) is -23.5. The molecule has 0 saturated carbocycles. The summed E-state index contributed by atoms with van der Waals surface area (Å²) in [7, 11) is -23.7. The van der Waals surface area contributed by atoms with Gasteiger partial charge in [0, 0.05) is 25.8 Å². The summed E-state index contributed by atoms with van der Waals surface area (Å²) in [4.78, 5) is 0. The van der Waals surface area contributed by atoms with Gasteiger partial charge in [0.2, 0.25) is 0 Å². The van der Waals surface area contributed by atoms with E-state index >= 15 is 0 Å². The molecule has 0 aliphatic rings. The Bertz CT molecular complexity index is 2500. The monoisotopic (exact) mass is 1540 g/mol. The van der Waals surface area contributed by atoms with E-state index in [1.165, 1.54) is 0 Å². The predicted octanol–water partition coefficient (Wildman–Crippen LogP) is 14.5. The molecule has 0 bridgehead atoms. The second-order valence-electron chi connectivity index (χ2n) is 14.8. The molecule has 0 aromatic heterocycles. The number of alkyl halides is 51. The minimum atomic E-state index is -8.89. The van der Waals surface area contributed by atoms with Gasteiger partial charge in [-0.15, -0.1) is 0 Å². The average Bonchev–Trinajstić information content (AvgIpc) is 3.23. The van der Waals surface area contributed by atoms with Crippen LogP contribution in [0.4, 0.5) is 224 Å². The Hall–Kier alpha value is -2.97. The van der Waals surface area contributed by atoms with Crippen LogP contribution in [0.25, 0.3) is 0 Å². The third kappa shape index (κ3) is 12.3. The van der Waals surface area contributed by atoms with E-state index in [1.807, 2.05) is 0 Å². The molecule has 64 heteroatoms. The van der Waals surface area contributed by atoms with E-state index in [0.29, 0.717) is 0 Å². The molecule has 0 spiro atoms. The summed E-state index contributed by atoms with van der Waals surface area (Å²) < 4.78 is 727. The van der Waals surface area contributed by atoms with Gasteiger partial charge in [0.1, 0.15) is 0 Å². The van der Waals surface area contributed by atoms with E-state index in [2.05, 4.69) is 0 Å². The summed E-state index contributed by atoms with van der Waals surface area (Å²) >= 11 is 0. The number of hydrogen-bond donors (Lipinski definition) is 3. The van der Waals surface area contributed by atoms with Crippen molar-refractivity contribution in [1.82, 2.24) is 0 Å². The fraction of sp³-hybridized carbons (Fsp3) is 1.00. The number of hydrogen-bond acceptors (Lipinski definition) is 6. The molecule has 0 atom stereocenters. The zero-order valence-corrected chi connectivity index (χ0v) is 41.1. The third-order valence-corrected chi connectivity index (χ3v) is 11.8. The molecule has 9 nitrogen and oxygen atoms in total. The van der Waals surface area contributed by atoms with Crippen molar-refractivity contribution in [2.75, 3.05) is 0 Å². The SMILES string of the molecule is O=S(=O)(O)C(F)(F)C(F)(F)C(F)(F)C(F)(F)C(F)(F)C(F)(F)C(F)(F)C(F)(F)F.O=S(=O)(O)C(F)(F)C(F)(F)C(F)(F)C(F)(F)C(F)(F)C(F)(F)C(F)(F)C(F)(F)F.O=S(=O)(O)C(F)(F)C(F)(F)C(F)(F)C(F)(F)C(F)(F)C(F)(F)C(F)(F)C(F)(F)F.[Sc]. The van der Waals surface area contributed by atoms with Crippen molar-refractivity contribution in [2.24, 2.45) is 0 Å². The van der Waals surface area contributed by atoms with Gasteiger partial charge in [0.15, 0.2) is 0 Å². The first kappa shape index (κ1) is 91.4. The molecule has 0 fully saturated rings. The first-order valence-corrected chi connectivity index (χ1v) is 21.4. The molecule has 0 saturated heterocycles. The molecule has 0 aromatic rings. The Morgan fingerprint density at radius 1 is 0.148 bits per heavy atom. The molecule has 0 amide bonds. The van der Waals surface area contributed by atoms with Gasteiger partial charge >= 0.3 is 171 Å².